The van der Waals surface area contributed by atoms with Gasteiger partial charge < -0.3 is 15.4 Å². The molecule has 2 aromatic carbocycles. The molecule has 0 atom stereocenters. The van der Waals surface area contributed by atoms with Gasteiger partial charge in [0, 0.05) is 24.0 Å². The van der Waals surface area contributed by atoms with Gasteiger partial charge in [-0.3, -0.25) is 4.79 Å². The van der Waals surface area contributed by atoms with Gasteiger partial charge in [-0.2, -0.15) is 0 Å². The predicted molar refractivity (Wildman–Crippen MR) is 98.9 cm³/mol. The molecule has 0 unspecified atom stereocenters. The number of fused-ring (bicyclic) bond motifs is 1. The van der Waals surface area contributed by atoms with Crippen LogP contribution in [0.4, 0.5) is 11.5 Å². The van der Waals surface area contributed by atoms with Crippen LogP contribution in [-0.4, -0.2) is 29.5 Å². The van der Waals surface area contributed by atoms with Crippen LogP contribution in [0.25, 0.3) is 10.9 Å². The number of carbonyl (C=O) groups is 1. The minimum Gasteiger partial charge on any atom is -0.497 e. The van der Waals surface area contributed by atoms with Gasteiger partial charge in [-0.1, -0.05) is 12.1 Å². The van der Waals surface area contributed by atoms with Crippen LogP contribution < -0.4 is 15.4 Å². The monoisotopic (exact) mass is 336 g/mol. The number of carbonyl (C=O) groups excluding carboxylic acids is 1. The first-order chi connectivity index (χ1) is 12.3. The Morgan fingerprint density at radius 2 is 1.88 bits per heavy atom. The maximum Gasteiger partial charge on any atom is 0.224 e. The van der Waals surface area contributed by atoms with Crippen LogP contribution >= 0.6 is 0 Å². The molecule has 128 valence electrons. The molecular formula is C19H20N4O2. The van der Waals surface area contributed by atoms with Crippen LogP contribution in [0.15, 0.2) is 54.9 Å². The Hall–Kier alpha value is -3.15. The summed E-state index contributed by atoms with van der Waals surface area (Å²) in [6, 6.07) is 15.1. The van der Waals surface area contributed by atoms with Gasteiger partial charge in [0.05, 0.1) is 12.6 Å². The van der Waals surface area contributed by atoms with Crippen molar-refractivity contribution in [2.75, 3.05) is 24.3 Å². The second kappa shape index (κ2) is 8.10. The topological polar surface area (TPSA) is 76.1 Å². The van der Waals surface area contributed by atoms with E-state index in [0.717, 1.165) is 28.2 Å². The maximum atomic E-state index is 12.0. The SMILES string of the molecule is COc1ccc(NC(=O)CCCNc2ncnc3ccccc23)cc1. The lowest BCUT2D eigenvalue weighted by atomic mass is 10.2. The third kappa shape index (κ3) is 4.44. The van der Waals surface area contributed by atoms with E-state index in [1.165, 1.54) is 0 Å². The number of anilines is 2. The van der Waals surface area contributed by atoms with Gasteiger partial charge in [0.15, 0.2) is 0 Å². The van der Waals surface area contributed by atoms with Crippen LogP contribution in [0.2, 0.25) is 0 Å². The molecule has 0 aliphatic carbocycles. The molecule has 1 amide bonds. The number of nitrogens with zero attached hydrogens (tertiary/aromatic N) is 2. The van der Waals surface area contributed by atoms with Crippen molar-refractivity contribution in [3.63, 3.8) is 0 Å². The van der Waals surface area contributed by atoms with E-state index in [1.54, 1.807) is 13.4 Å². The molecule has 1 aromatic heterocycles. The highest BCUT2D eigenvalue weighted by Gasteiger charge is 2.05. The average molecular weight is 336 g/mol. The zero-order valence-corrected chi connectivity index (χ0v) is 14.0. The minimum atomic E-state index is -0.0143. The molecule has 6 heteroatoms. The number of ether oxygens (including phenoxy) is 1. The Morgan fingerprint density at radius 1 is 1.08 bits per heavy atom. The van der Waals surface area contributed by atoms with E-state index >= 15 is 0 Å². The van der Waals surface area contributed by atoms with E-state index in [0.29, 0.717) is 19.4 Å². The summed E-state index contributed by atoms with van der Waals surface area (Å²) in [6.45, 7) is 0.664. The predicted octanol–water partition coefficient (Wildman–Crippen LogP) is 3.47. The van der Waals surface area contributed by atoms with Gasteiger partial charge >= 0.3 is 0 Å². The number of para-hydroxylation sites is 1. The van der Waals surface area contributed by atoms with Gasteiger partial charge in [0.25, 0.3) is 0 Å². The third-order valence-corrected chi connectivity index (χ3v) is 3.79. The van der Waals surface area contributed by atoms with E-state index in [1.807, 2.05) is 48.5 Å². The summed E-state index contributed by atoms with van der Waals surface area (Å²) in [5, 5.41) is 7.13. The number of rotatable bonds is 7. The average Bonchev–Trinajstić information content (AvgIpc) is 2.66. The van der Waals surface area contributed by atoms with Crippen molar-refractivity contribution in [1.29, 1.82) is 0 Å². The molecule has 0 aliphatic rings. The first-order valence-electron chi connectivity index (χ1n) is 8.14. The van der Waals surface area contributed by atoms with Crippen molar-refractivity contribution < 1.29 is 9.53 Å². The highest BCUT2D eigenvalue weighted by molar-refractivity contribution is 5.91. The van der Waals surface area contributed by atoms with Crippen LogP contribution in [-0.2, 0) is 4.79 Å². The van der Waals surface area contributed by atoms with Crippen LogP contribution in [0, 0.1) is 0 Å². The summed E-state index contributed by atoms with van der Waals surface area (Å²) in [5.41, 5.74) is 1.66. The maximum absolute atomic E-state index is 12.0. The standard InChI is InChI=1S/C19H20N4O2/c1-25-15-10-8-14(9-11-15)23-18(24)7-4-12-20-19-16-5-2-3-6-17(16)21-13-22-19/h2-3,5-6,8-11,13H,4,7,12H2,1H3,(H,23,24)(H,20,21,22). The van der Waals surface area contributed by atoms with Crippen LogP contribution in [0.5, 0.6) is 5.75 Å². The van der Waals surface area contributed by atoms with Gasteiger partial charge in [0.1, 0.15) is 17.9 Å². The van der Waals surface area contributed by atoms with Crippen molar-refractivity contribution in [1.82, 2.24) is 9.97 Å². The quantitative estimate of drug-likeness (QED) is 0.646. The number of nitrogens with one attached hydrogen (secondary N) is 2. The summed E-state index contributed by atoms with van der Waals surface area (Å²) < 4.78 is 5.09. The van der Waals surface area contributed by atoms with Crippen molar-refractivity contribution in [3.8, 4) is 5.75 Å². The van der Waals surface area contributed by atoms with Crippen molar-refractivity contribution in [3.05, 3.63) is 54.9 Å². The van der Waals surface area contributed by atoms with Gasteiger partial charge in [-0.25, -0.2) is 9.97 Å². The molecule has 0 bridgehead atoms. The number of methoxy groups -OCH3 is 1. The summed E-state index contributed by atoms with van der Waals surface area (Å²) in [7, 11) is 1.61. The van der Waals surface area contributed by atoms with Crippen molar-refractivity contribution in [2.24, 2.45) is 0 Å². The van der Waals surface area contributed by atoms with E-state index in [4.69, 9.17) is 4.74 Å². The summed E-state index contributed by atoms with van der Waals surface area (Å²) >= 11 is 0. The fourth-order valence-electron chi connectivity index (χ4n) is 2.50. The van der Waals surface area contributed by atoms with Crippen LogP contribution in [0.3, 0.4) is 0 Å². The Kier molecular flexibility index (Phi) is 5.41. The van der Waals surface area contributed by atoms with Gasteiger partial charge in [-0.15, -0.1) is 0 Å². The molecule has 6 nitrogen and oxygen atoms in total. The lowest BCUT2D eigenvalue weighted by Crippen LogP contribution is -2.13. The van der Waals surface area contributed by atoms with E-state index in [2.05, 4.69) is 20.6 Å². The Morgan fingerprint density at radius 3 is 2.68 bits per heavy atom. The van der Waals surface area contributed by atoms with Gasteiger partial charge in [-0.05, 0) is 42.8 Å². The normalized spacial score (nSPS) is 10.4. The Labute approximate surface area is 146 Å². The second-order valence-electron chi connectivity index (χ2n) is 5.55. The molecule has 25 heavy (non-hydrogen) atoms. The number of hydrogen-bond donors (Lipinski definition) is 2. The number of benzene rings is 2. The van der Waals surface area contributed by atoms with E-state index in [-0.39, 0.29) is 5.91 Å². The highest BCUT2D eigenvalue weighted by atomic mass is 16.5. The molecule has 3 aromatic rings. The lowest BCUT2D eigenvalue weighted by molar-refractivity contribution is -0.116. The molecule has 3 rings (SSSR count). The van der Waals surface area contributed by atoms with E-state index < -0.39 is 0 Å². The smallest absolute Gasteiger partial charge is 0.224 e. The minimum absolute atomic E-state index is 0.0143. The number of aromatic nitrogens is 2. The first-order valence-corrected chi connectivity index (χ1v) is 8.14. The molecular weight excluding hydrogens is 316 g/mol. The van der Waals surface area contributed by atoms with Gasteiger partial charge in [0.2, 0.25) is 5.91 Å². The summed E-state index contributed by atoms with van der Waals surface area (Å²) in [4.78, 5) is 20.5. The fraction of sp³-hybridized carbons (Fsp3) is 0.211. The summed E-state index contributed by atoms with van der Waals surface area (Å²) in [5.74, 6) is 1.54. The molecule has 0 spiro atoms. The summed E-state index contributed by atoms with van der Waals surface area (Å²) in [6.07, 6.45) is 2.68. The fourth-order valence-corrected chi connectivity index (χ4v) is 2.50. The molecule has 1 heterocycles. The molecule has 0 aliphatic heterocycles. The molecule has 0 fully saturated rings. The molecule has 0 saturated heterocycles. The first kappa shape index (κ1) is 16.7. The van der Waals surface area contributed by atoms with Crippen molar-refractivity contribution >= 4 is 28.3 Å². The Bertz CT molecular complexity index is 844. The second-order valence-corrected chi connectivity index (χ2v) is 5.55. The zero-order chi connectivity index (χ0) is 17.5. The lowest BCUT2D eigenvalue weighted by Gasteiger charge is -2.09. The zero-order valence-electron chi connectivity index (χ0n) is 14.0. The van der Waals surface area contributed by atoms with E-state index in [9.17, 15) is 4.79 Å². The molecule has 2 N–H and O–H groups in total. The molecule has 0 saturated carbocycles. The van der Waals surface area contributed by atoms with Crippen LogP contribution in [0.1, 0.15) is 12.8 Å². The van der Waals surface area contributed by atoms with Crippen molar-refractivity contribution in [2.45, 2.75) is 12.8 Å². The molecule has 0 radical (unpaired) electrons. The number of hydrogen-bond acceptors (Lipinski definition) is 5. The number of amides is 1. The highest BCUT2D eigenvalue weighted by Crippen LogP contribution is 2.18. The third-order valence-electron chi connectivity index (χ3n) is 3.79. The Balaban J connectivity index is 1.46. The largest absolute Gasteiger partial charge is 0.497 e.